The van der Waals surface area contributed by atoms with E-state index >= 15 is 0 Å². The van der Waals surface area contributed by atoms with E-state index in [0.717, 1.165) is 29.7 Å². The van der Waals surface area contributed by atoms with Crippen LogP contribution in [0.5, 0.6) is 5.75 Å². The number of methoxy groups -OCH3 is 1. The van der Waals surface area contributed by atoms with Crippen LogP contribution < -0.4 is 9.64 Å². The lowest BCUT2D eigenvalue weighted by Crippen LogP contribution is -2.31. The molecule has 3 rings (SSSR count). The molecular weight excluding hydrogens is 394 g/mol. The molecule has 1 fully saturated rings. The van der Waals surface area contributed by atoms with E-state index in [9.17, 15) is 14.4 Å². The minimum absolute atomic E-state index is 0.0868. The Morgan fingerprint density at radius 3 is 2.23 bits per heavy atom. The fourth-order valence-electron chi connectivity index (χ4n) is 3.96. The van der Waals surface area contributed by atoms with Gasteiger partial charge in [-0.2, -0.15) is 0 Å². The molecule has 0 bridgehead atoms. The summed E-state index contributed by atoms with van der Waals surface area (Å²) in [5, 5.41) is 0. The summed E-state index contributed by atoms with van der Waals surface area (Å²) in [6, 6.07) is 12.7. The predicted molar refractivity (Wildman–Crippen MR) is 119 cm³/mol. The van der Waals surface area contributed by atoms with Crippen molar-refractivity contribution < 1.29 is 23.9 Å². The molecule has 1 amide bonds. The number of Topliss-reactive ketones (excluding diaryl/α,β-unsaturated/α-hetero) is 1. The molecule has 1 heterocycles. The minimum Gasteiger partial charge on any atom is -0.497 e. The topological polar surface area (TPSA) is 72.9 Å². The van der Waals surface area contributed by atoms with Crippen molar-refractivity contribution in [2.24, 2.45) is 5.92 Å². The van der Waals surface area contributed by atoms with Crippen molar-refractivity contribution in [1.82, 2.24) is 0 Å². The van der Waals surface area contributed by atoms with Gasteiger partial charge in [0.15, 0.2) is 6.10 Å². The monoisotopic (exact) mass is 423 g/mol. The molecule has 1 aliphatic heterocycles. The molecule has 2 atom stereocenters. The van der Waals surface area contributed by atoms with Gasteiger partial charge in [-0.05, 0) is 55.2 Å². The number of para-hydroxylation sites is 1. The van der Waals surface area contributed by atoms with Crippen LogP contribution in [0.4, 0.5) is 5.69 Å². The molecule has 0 unspecified atom stereocenters. The second-order valence-corrected chi connectivity index (χ2v) is 7.71. The summed E-state index contributed by atoms with van der Waals surface area (Å²) in [5.74, 6) is -0.844. The maximum Gasteiger partial charge on any atom is 0.312 e. The van der Waals surface area contributed by atoms with Crippen molar-refractivity contribution >= 4 is 23.3 Å². The van der Waals surface area contributed by atoms with Gasteiger partial charge < -0.3 is 14.4 Å². The van der Waals surface area contributed by atoms with Gasteiger partial charge in [0, 0.05) is 24.2 Å². The summed E-state index contributed by atoms with van der Waals surface area (Å²) >= 11 is 0. The molecule has 0 N–H and O–H groups in total. The number of ketones is 1. The van der Waals surface area contributed by atoms with Crippen molar-refractivity contribution in [1.29, 1.82) is 0 Å². The van der Waals surface area contributed by atoms with E-state index in [2.05, 4.69) is 13.8 Å². The molecule has 2 aromatic rings. The Morgan fingerprint density at radius 1 is 1.06 bits per heavy atom. The number of nitrogens with zero attached hydrogens (tertiary/aromatic N) is 1. The molecule has 2 aromatic carbocycles. The molecule has 1 aliphatic rings. The van der Waals surface area contributed by atoms with E-state index < -0.39 is 18.0 Å². The van der Waals surface area contributed by atoms with E-state index in [4.69, 9.17) is 9.47 Å². The summed E-state index contributed by atoms with van der Waals surface area (Å²) in [6.45, 7) is 5.93. The number of aryl methyl sites for hydroxylation is 2. The van der Waals surface area contributed by atoms with Gasteiger partial charge in [-0.15, -0.1) is 0 Å². The molecule has 31 heavy (non-hydrogen) atoms. The highest BCUT2D eigenvalue weighted by Crippen LogP contribution is 2.33. The van der Waals surface area contributed by atoms with Crippen LogP contribution in [0.2, 0.25) is 0 Å². The molecular formula is C25H29NO5. The zero-order chi connectivity index (χ0) is 22.5. The highest BCUT2D eigenvalue weighted by atomic mass is 16.5. The number of hydrogen-bond acceptors (Lipinski definition) is 5. The van der Waals surface area contributed by atoms with Crippen molar-refractivity contribution in [3.63, 3.8) is 0 Å². The first-order valence-electron chi connectivity index (χ1n) is 10.7. The molecule has 0 aromatic heterocycles. The Hall–Kier alpha value is -3.15. The van der Waals surface area contributed by atoms with Crippen molar-refractivity contribution in [3.8, 4) is 5.75 Å². The molecule has 1 saturated heterocycles. The molecule has 0 aliphatic carbocycles. The number of carbonyl (C=O) groups is 3. The summed E-state index contributed by atoms with van der Waals surface area (Å²) in [4.78, 5) is 39.8. The highest BCUT2D eigenvalue weighted by molar-refractivity contribution is 6.02. The molecule has 164 valence electrons. The van der Waals surface area contributed by atoms with E-state index in [1.807, 2.05) is 18.2 Å². The van der Waals surface area contributed by atoms with Gasteiger partial charge in [0.05, 0.1) is 13.0 Å². The van der Waals surface area contributed by atoms with Crippen molar-refractivity contribution in [2.45, 2.75) is 46.1 Å². The van der Waals surface area contributed by atoms with Gasteiger partial charge in [-0.1, -0.05) is 32.0 Å². The second kappa shape index (κ2) is 9.77. The van der Waals surface area contributed by atoms with Crippen LogP contribution in [-0.4, -0.2) is 37.4 Å². The Balaban J connectivity index is 1.70. The first kappa shape index (κ1) is 22.5. The number of amides is 1. The van der Waals surface area contributed by atoms with Crippen molar-refractivity contribution in [2.75, 3.05) is 18.6 Å². The lowest BCUT2D eigenvalue weighted by atomic mass is 10.0. The maximum absolute atomic E-state index is 12.8. The van der Waals surface area contributed by atoms with E-state index in [1.165, 1.54) is 0 Å². The van der Waals surface area contributed by atoms with Gasteiger partial charge in [0.1, 0.15) is 5.75 Å². The zero-order valence-corrected chi connectivity index (χ0v) is 18.5. The maximum atomic E-state index is 12.8. The predicted octanol–water partition coefficient (Wildman–Crippen LogP) is 3.99. The average molecular weight is 424 g/mol. The third kappa shape index (κ3) is 4.79. The third-order valence-corrected chi connectivity index (χ3v) is 5.73. The van der Waals surface area contributed by atoms with E-state index in [-0.39, 0.29) is 24.7 Å². The Morgan fingerprint density at radius 2 is 1.68 bits per heavy atom. The number of carbonyl (C=O) groups excluding carboxylic acids is 3. The standard InChI is InChI=1S/C25H29NO5/c1-5-17-8-7-9-18(6-2)23(17)26-15-20(14-22(26)27)25(29)31-16(3)24(28)19-10-12-21(30-4)13-11-19/h7-13,16,20H,5-6,14-15H2,1-4H3/t16-,20-/m1/s1. The third-order valence-electron chi connectivity index (χ3n) is 5.73. The Kier molecular flexibility index (Phi) is 7.10. The number of benzene rings is 2. The summed E-state index contributed by atoms with van der Waals surface area (Å²) in [6.07, 6.45) is 0.758. The average Bonchev–Trinajstić information content (AvgIpc) is 3.19. The van der Waals surface area contributed by atoms with Gasteiger partial charge >= 0.3 is 5.97 Å². The smallest absolute Gasteiger partial charge is 0.312 e. The molecule has 0 radical (unpaired) electrons. The molecule has 6 heteroatoms. The number of rotatable bonds is 8. The molecule has 0 spiro atoms. The van der Waals surface area contributed by atoms with Crippen molar-refractivity contribution in [3.05, 3.63) is 59.2 Å². The normalized spacial score (nSPS) is 16.8. The first-order valence-corrected chi connectivity index (χ1v) is 10.7. The number of ether oxygens (including phenoxy) is 2. The summed E-state index contributed by atoms with van der Waals surface area (Å²) in [7, 11) is 1.55. The van der Waals surface area contributed by atoms with Gasteiger partial charge in [0.2, 0.25) is 11.7 Å². The number of anilines is 1. The van der Waals surface area contributed by atoms with Crippen LogP contribution in [0.3, 0.4) is 0 Å². The second-order valence-electron chi connectivity index (χ2n) is 7.71. The fraction of sp³-hybridized carbons (Fsp3) is 0.400. The SMILES string of the molecule is CCc1cccc(CC)c1N1C[C@H](C(=O)O[C@H](C)C(=O)c2ccc(OC)cc2)CC1=O. The largest absolute Gasteiger partial charge is 0.497 e. The lowest BCUT2D eigenvalue weighted by molar-refractivity contribution is -0.151. The minimum atomic E-state index is -0.931. The summed E-state index contributed by atoms with van der Waals surface area (Å²) < 4.78 is 10.6. The van der Waals surface area contributed by atoms with Crippen LogP contribution in [0.25, 0.3) is 0 Å². The van der Waals surface area contributed by atoms with E-state index in [1.54, 1.807) is 43.2 Å². The van der Waals surface area contributed by atoms with Gasteiger partial charge in [-0.25, -0.2) is 0 Å². The summed E-state index contributed by atoms with van der Waals surface area (Å²) in [5.41, 5.74) is 3.53. The number of hydrogen-bond donors (Lipinski definition) is 0. The Labute approximate surface area is 183 Å². The van der Waals surface area contributed by atoms with Gasteiger partial charge in [-0.3, -0.25) is 14.4 Å². The molecule has 0 saturated carbocycles. The van der Waals surface area contributed by atoms with Crippen LogP contribution in [0, 0.1) is 5.92 Å². The zero-order valence-electron chi connectivity index (χ0n) is 18.5. The van der Waals surface area contributed by atoms with Crippen LogP contribution in [0.15, 0.2) is 42.5 Å². The van der Waals surface area contributed by atoms with Crippen LogP contribution in [-0.2, 0) is 27.2 Å². The Bertz CT molecular complexity index is 944. The van der Waals surface area contributed by atoms with E-state index in [0.29, 0.717) is 11.3 Å². The number of esters is 1. The van der Waals surface area contributed by atoms with Crippen LogP contribution >= 0.6 is 0 Å². The molecule has 6 nitrogen and oxygen atoms in total. The lowest BCUT2D eigenvalue weighted by Gasteiger charge is -2.23. The quantitative estimate of drug-likeness (QED) is 0.474. The van der Waals surface area contributed by atoms with Gasteiger partial charge in [0.25, 0.3) is 0 Å². The highest BCUT2D eigenvalue weighted by Gasteiger charge is 2.38. The first-order chi connectivity index (χ1) is 14.9. The fourth-order valence-corrected chi connectivity index (χ4v) is 3.96. The van der Waals surface area contributed by atoms with Crippen LogP contribution in [0.1, 0.15) is 48.7 Å².